The van der Waals surface area contributed by atoms with Crippen LogP contribution in [0.25, 0.3) is 5.57 Å². The SMILES string of the molecule is C=C1COCc2cc(OCc3ccccc3)ccc21. The van der Waals surface area contributed by atoms with E-state index in [9.17, 15) is 0 Å². The predicted octanol–water partition coefficient (Wildman–Crippen LogP) is 3.81. The standard InChI is InChI=1S/C17H16O2/c1-13-10-18-12-15-9-16(7-8-17(13)15)19-11-14-5-3-2-4-6-14/h2-9H,1,10-12H2. The van der Waals surface area contributed by atoms with Crippen molar-refractivity contribution in [3.8, 4) is 5.75 Å². The van der Waals surface area contributed by atoms with E-state index in [1.165, 1.54) is 11.1 Å². The average Bonchev–Trinajstić information content (AvgIpc) is 2.46. The molecule has 0 amide bonds. The van der Waals surface area contributed by atoms with Crippen LogP contribution in [0.4, 0.5) is 0 Å². The first-order valence-electron chi connectivity index (χ1n) is 6.38. The van der Waals surface area contributed by atoms with Crippen molar-refractivity contribution >= 4 is 5.57 Å². The van der Waals surface area contributed by atoms with E-state index in [4.69, 9.17) is 9.47 Å². The van der Waals surface area contributed by atoms with Gasteiger partial charge in [0.05, 0.1) is 13.2 Å². The monoisotopic (exact) mass is 252 g/mol. The van der Waals surface area contributed by atoms with Gasteiger partial charge in [-0.3, -0.25) is 0 Å². The highest BCUT2D eigenvalue weighted by Gasteiger charge is 2.13. The summed E-state index contributed by atoms with van der Waals surface area (Å²) in [7, 11) is 0. The fourth-order valence-electron chi connectivity index (χ4n) is 2.23. The molecule has 0 radical (unpaired) electrons. The molecular formula is C17H16O2. The number of rotatable bonds is 3. The van der Waals surface area contributed by atoms with Gasteiger partial charge < -0.3 is 9.47 Å². The molecule has 0 fully saturated rings. The third kappa shape index (κ3) is 2.69. The molecule has 0 saturated carbocycles. The van der Waals surface area contributed by atoms with E-state index < -0.39 is 0 Å². The fraction of sp³-hybridized carbons (Fsp3) is 0.176. The maximum Gasteiger partial charge on any atom is 0.120 e. The van der Waals surface area contributed by atoms with Gasteiger partial charge in [-0.25, -0.2) is 0 Å². The zero-order valence-electron chi connectivity index (χ0n) is 10.8. The van der Waals surface area contributed by atoms with Gasteiger partial charge in [-0.1, -0.05) is 43.0 Å². The number of ether oxygens (including phenoxy) is 2. The van der Waals surface area contributed by atoms with Gasteiger partial charge in [-0.05, 0) is 34.4 Å². The van der Waals surface area contributed by atoms with Crippen LogP contribution in [0.1, 0.15) is 16.7 Å². The lowest BCUT2D eigenvalue weighted by molar-refractivity contribution is 0.146. The Kier molecular flexibility index (Phi) is 3.34. The van der Waals surface area contributed by atoms with Crippen LogP contribution in [0.2, 0.25) is 0 Å². The van der Waals surface area contributed by atoms with Crippen LogP contribution >= 0.6 is 0 Å². The van der Waals surface area contributed by atoms with Crippen LogP contribution in [0.3, 0.4) is 0 Å². The quantitative estimate of drug-likeness (QED) is 0.827. The molecule has 0 saturated heterocycles. The summed E-state index contributed by atoms with van der Waals surface area (Å²) in [6.07, 6.45) is 0. The van der Waals surface area contributed by atoms with Crippen molar-refractivity contribution in [2.24, 2.45) is 0 Å². The zero-order valence-corrected chi connectivity index (χ0v) is 10.8. The summed E-state index contributed by atoms with van der Waals surface area (Å²) in [6, 6.07) is 16.3. The van der Waals surface area contributed by atoms with Crippen molar-refractivity contribution in [3.63, 3.8) is 0 Å². The maximum absolute atomic E-state index is 5.81. The highest BCUT2D eigenvalue weighted by Crippen LogP contribution is 2.28. The lowest BCUT2D eigenvalue weighted by Crippen LogP contribution is -2.08. The molecule has 2 nitrogen and oxygen atoms in total. The van der Waals surface area contributed by atoms with E-state index in [0.717, 1.165) is 16.9 Å². The molecule has 0 unspecified atom stereocenters. The average molecular weight is 252 g/mol. The van der Waals surface area contributed by atoms with Crippen LogP contribution in [-0.4, -0.2) is 6.61 Å². The molecule has 19 heavy (non-hydrogen) atoms. The highest BCUT2D eigenvalue weighted by atomic mass is 16.5. The zero-order chi connectivity index (χ0) is 13.1. The second-order valence-electron chi connectivity index (χ2n) is 4.69. The Morgan fingerprint density at radius 3 is 2.74 bits per heavy atom. The van der Waals surface area contributed by atoms with Crippen LogP contribution in [0.15, 0.2) is 55.1 Å². The lowest BCUT2D eigenvalue weighted by atomic mass is 9.99. The second kappa shape index (κ2) is 5.29. The molecule has 0 aliphatic carbocycles. The van der Waals surface area contributed by atoms with Gasteiger partial charge in [0, 0.05) is 0 Å². The molecule has 1 heterocycles. The number of fused-ring (bicyclic) bond motifs is 1. The van der Waals surface area contributed by atoms with Crippen LogP contribution in [0.5, 0.6) is 5.75 Å². The number of benzene rings is 2. The predicted molar refractivity (Wildman–Crippen MR) is 75.9 cm³/mol. The third-order valence-electron chi connectivity index (χ3n) is 3.24. The summed E-state index contributed by atoms with van der Waals surface area (Å²) in [6.45, 7) is 5.86. The first-order valence-corrected chi connectivity index (χ1v) is 6.38. The molecule has 0 aromatic heterocycles. The highest BCUT2D eigenvalue weighted by molar-refractivity contribution is 5.68. The minimum Gasteiger partial charge on any atom is -0.489 e. The van der Waals surface area contributed by atoms with E-state index in [1.54, 1.807) is 0 Å². The van der Waals surface area contributed by atoms with Gasteiger partial charge in [0.25, 0.3) is 0 Å². The number of hydrogen-bond donors (Lipinski definition) is 0. The van der Waals surface area contributed by atoms with Crippen molar-refractivity contribution in [2.75, 3.05) is 6.61 Å². The van der Waals surface area contributed by atoms with E-state index in [2.05, 4.69) is 24.8 Å². The molecule has 2 heteroatoms. The molecule has 3 rings (SSSR count). The molecule has 2 aromatic carbocycles. The van der Waals surface area contributed by atoms with Crippen LogP contribution in [0, 0.1) is 0 Å². The molecule has 0 spiro atoms. The fourth-order valence-corrected chi connectivity index (χ4v) is 2.23. The second-order valence-corrected chi connectivity index (χ2v) is 4.69. The van der Waals surface area contributed by atoms with Crippen molar-refractivity contribution in [1.29, 1.82) is 0 Å². The van der Waals surface area contributed by atoms with Gasteiger partial charge in [-0.15, -0.1) is 0 Å². The number of hydrogen-bond acceptors (Lipinski definition) is 2. The Balaban J connectivity index is 1.74. The largest absolute Gasteiger partial charge is 0.489 e. The summed E-state index contributed by atoms with van der Waals surface area (Å²) >= 11 is 0. The third-order valence-corrected chi connectivity index (χ3v) is 3.24. The van der Waals surface area contributed by atoms with Gasteiger partial charge in [0.2, 0.25) is 0 Å². The van der Waals surface area contributed by atoms with E-state index in [0.29, 0.717) is 19.8 Å². The molecular weight excluding hydrogens is 236 g/mol. The summed E-state index contributed by atoms with van der Waals surface area (Å²) in [5.41, 5.74) is 4.55. The van der Waals surface area contributed by atoms with Gasteiger partial charge in [0.1, 0.15) is 12.4 Å². The van der Waals surface area contributed by atoms with Crippen molar-refractivity contribution in [1.82, 2.24) is 0 Å². The lowest BCUT2D eigenvalue weighted by Gasteiger charge is -2.19. The molecule has 2 aromatic rings. The van der Waals surface area contributed by atoms with Crippen molar-refractivity contribution < 1.29 is 9.47 Å². The Morgan fingerprint density at radius 2 is 1.89 bits per heavy atom. The molecule has 0 atom stereocenters. The van der Waals surface area contributed by atoms with Crippen LogP contribution < -0.4 is 4.74 Å². The summed E-state index contributed by atoms with van der Waals surface area (Å²) in [5, 5.41) is 0. The smallest absolute Gasteiger partial charge is 0.120 e. The Bertz CT molecular complexity index is 587. The molecule has 0 bridgehead atoms. The van der Waals surface area contributed by atoms with Crippen molar-refractivity contribution in [2.45, 2.75) is 13.2 Å². The summed E-state index contributed by atoms with van der Waals surface area (Å²) in [4.78, 5) is 0. The molecule has 0 N–H and O–H groups in total. The van der Waals surface area contributed by atoms with Crippen molar-refractivity contribution in [3.05, 3.63) is 71.8 Å². The minimum atomic E-state index is 0.585. The van der Waals surface area contributed by atoms with Gasteiger partial charge >= 0.3 is 0 Å². The Morgan fingerprint density at radius 1 is 1.05 bits per heavy atom. The maximum atomic E-state index is 5.81. The summed E-state index contributed by atoms with van der Waals surface area (Å²) < 4.78 is 11.3. The first-order chi connectivity index (χ1) is 9.33. The molecule has 1 aliphatic rings. The van der Waals surface area contributed by atoms with Gasteiger partial charge in [0.15, 0.2) is 0 Å². The van der Waals surface area contributed by atoms with Crippen LogP contribution in [-0.2, 0) is 18.0 Å². The Hall–Kier alpha value is -2.06. The van der Waals surface area contributed by atoms with Gasteiger partial charge in [-0.2, -0.15) is 0 Å². The molecule has 1 aliphatic heterocycles. The normalized spacial score (nSPS) is 14.0. The van der Waals surface area contributed by atoms with E-state index >= 15 is 0 Å². The summed E-state index contributed by atoms with van der Waals surface area (Å²) in [5.74, 6) is 0.876. The van der Waals surface area contributed by atoms with E-state index in [-0.39, 0.29) is 0 Å². The Labute approximate surface area is 113 Å². The first kappa shape index (κ1) is 12.0. The minimum absolute atomic E-state index is 0.585. The molecule has 96 valence electrons. The topological polar surface area (TPSA) is 18.5 Å². The van der Waals surface area contributed by atoms with E-state index in [1.807, 2.05) is 30.3 Å².